The number of alkyl halides is 1. The van der Waals surface area contributed by atoms with Crippen molar-refractivity contribution in [2.45, 2.75) is 38.8 Å². The molecule has 21 heavy (non-hydrogen) atoms. The molecule has 0 saturated heterocycles. The van der Waals surface area contributed by atoms with Crippen LogP contribution in [0.2, 0.25) is 0 Å². The van der Waals surface area contributed by atoms with Crippen molar-refractivity contribution < 1.29 is 14.0 Å². The molecular weight excluding hydrogens is 269 g/mol. The van der Waals surface area contributed by atoms with Gasteiger partial charge in [-0.3, -0.25) is 4.79 Å². The molecule has 0 bridgehead atoms. The molecule has 110 valence electrons. The van der Waals surface area contributed by atoms with Crippen molar-refractivity contribution in [2.24, 2.45) is 0 Å². The van der Waals surface area contributed by atoms with Crippen molar-refractivity contribution in [2.75, 3.05) is 0 Å². The van der Waals surface area contributed by atoms with Gasteiger partial charge in [0.2, 0.25) is 0 Å². The fraction of sp³-hybridized carbons (Fsp3) is 0.353. The molecule has 0 aliphatic heterocycles. The van der Waals surface area contributed by atoms with E-state index in [1.165, 1.54) is 6.08 Å². The molecule has 0 spiro atoms. The average Bonchev–Trinajstić information content (AvgIpc) is 2.78. The van der Waals surface area contributed by atoms with Crippen LogP contribution in [0.1, 0.15) is 43.1 Å². The quantitative estimate of drug-likeness (QED) is 0.850. The van der Waals surface area contributed by atoms with Crippen LogP contribution in [0.4, 0.5) is 4.39 Å². The number of hydrogen-bond acceptors (Lipinski definition) is 2. The fourth-order valence-electron chi connectivity index (χ4n) is 2.16. The molecule has 1 aliphatic rings. The Morgan fingerprint density at radius 3 is 2.38 bits per heavy atom. The molecule has 1 N–H and O–H groups in total. The first-order valence-corrected chi connectivity index (χ1v) is 6.82. The number of amides is 1. The molecule has 4 heteroatoms. The summed E-state index contributed by atoms with van der Waals surface area (Å²) >= 11 is 0. The standard InChI is InChI=1S/C17H18FNO2/c1-17(2,3)13-6-4-11(5-7-13)16(21)19-14-8-12(10-20)15(18)9-14/h4-7,9,15H,8H2,1-3H3,(H,19,21). The summed E-state index contributed by atoms with van der Waals surface area (Å²) in [4.78, 5) is 22.6. The summed E-state index contributed by atoms with van der Waals surface area (Å²) in [5.74, 6) is 1.26. The van der Waals surface area contributed by atoms with Crippen LogP contribution in [0.3, 0.4) is 0 Å². The zero-order chi connectivity index (χ0) is 15.6. The van der Waals surface area contributed by atoms with E-state index >= 15 is 0 Å². The molecule has 2 rings (SSSR count). The SMILES string of the molecule is CC(C)(C)c1ccc(C(=O)NC2=CC(F)C(=C=O)C2)cc1. The zero-order valence-electron chi connectivity index (χ0n) is 12.4. The molecule has 0 radical (unpaired) electrons. The highest BCUT2D eigenvalue weighted by atomic mass is 19.1. The van der Waals surface area contributed by atoms with Crippen LogP contribution in [0, 0.1) is 0 Å². The first-order chi connectivity index (χ1) is 9.81. The maximum Gasteiger partial charge on any atom is 0.255 e. The number of nitrogens with one attached hydrogen (secondary N) is 1. The highest BCUT2D eigenvalue weighted by Gasteiger charge is 2.23. The molecule has 1 aromatic carbocycles. The molecule has 1 amide bonds. The Kier molecular flexibility index (Phi) is 4.10. The van der Waals surface area contributed by atoms with Gasteiger partial charge >= 0.3 is 0 Å². The predicted octanol–water partition coefficient (Wildman–Crippen LogP) is 3.10. The van der Waals surface area contributed by atoms with Gasteiger partial charge in [0.05, 0.1) is 5.57 Å². The number of rotatable bonds is 2. The van der Waals surface area contributed by atoms with E-state index in [0.717, 1.165) is 5.56 Å². The van der Waals surface area contributed by atoms with Crippen LogP contribution >= 0.6 is 0 Å². The minimum Gasteiger partial charge on any atom is -0.326 e. The molecule has 3 nitrogen and oxygen atoms in total. The Labute approximate surface area is 123 Å². The van der Waals surface area contributed by atoms with Crippen LogP contribution < -0.4 is 5.32 Å². The maximum absolute atomic E-state index is 13.3. The topological polar surface area (TPSA) is 46.2 Å². The summed E-state index contributed by atoms with van der Waals surface area (Å²) in [6.45, 7) is 6.29. The van der Waals surface area contributed by atoms with Crippen LogP contribution in [0.15, 0.2) is 41.6 Å². The second-order valence-electron chi connectivity index (χ2n) is 6.18. The number of carbonyl (C=O) groups is 1. The lowest BCUT2D eigenvalue weighted by Crippen LogP contribution is -2.22. The van der Waals surface area contributed by atoms with Gasteiger partial charge in [-0.25, -0.2) is 9.18 Å². The molecule has 1 aromatic rings. The summed E-state index contributed by atoms with van der Waals surface area (Å²) < 4.78 is 13.3. The van der Waals surface area contributed by atoms with Crippen LogP contribution in [-0.2, 0) is 10.2 Å². The number of benzene rings is 1. The minimum atomic E-state index is -1.44. The van der Waals surface area contributed by atoms with Crippen molar-refractivity contribution in [1.29, 1.82) is 0 Å². The maximum atomic E-state index is 13.3. The van der Waals surface area contributed by atoms with Crippen LogP contribution in [0.5, 0.6) is 0 Å². The lowest BCUT2D eigenvalue weighted by molar-refractivity contribution is 0.0965. The second kappa shape index (κ2) is 5.66. The number of hydrogen-bond donors (Lipinski definition) is 1. The lowest BCUT2D eigenvalue weighted by Gasteiger charge is -2.19. The molecule has 0 heterocycles. The molecule has 0 aromatic heterocycles. The largest absolute Gasteiger partial charge is 0.326 e. The first-order valence-electron chi connectivity index (χ1n) is 6.82. The highest BCUT2D eigenvalue weighted by Crippen LogP contribution is 2.24. The summed E-state index contributed by atoms with van der Waals surface area (Å²) in [7, 11) is 0. The summed E-state index contributed by atoms with van der Waals surface area (Å²) in [6.07, 6.45) is -0.0981. The molecule has 1 aliphatic carbocycles. The van der Waals surface area contributed by atoms with E-state index in [4.69, 9.17) is 0 Å². The van der Waals surface area contributed by atoms with Gasteiger partial charge < -0.3 is 5.32 Å². The number of allylic oxidation sites excluding steroid dienone is 2. The van der Waals surface area contributed by atoms with E-state index in [1.807, 2.05) is 12.1 Å². The van der Waals surface area contributed by atoms with Gasteiger partial charge in [0.1, 0.15) is 5.94 Å². The number of carbonyl (C=O) groups excluding carboxylic acids is 2. The van der Waals surface area contributed by atoms with Gasteiger partial charge in [0.25, 0.3) is 5.91 Å². The summed E-state index contributed by atoms with van der Waals surface area (Å²) in [5, 5.41) is 2.63. The fourth-order valence-corrected chi connectivity index (χ4v) is 2.16. The van der Waals surface area contributed by atoms with Gasteiger partial charge in [-0.2, -0.15) is 0 Å². The van der Waals surface area contributed by atoms with Crippen molar-refractivity contribution in [3.63, 3.8) is 0 Å². The molecule has 0 saturated carbocycles. The van der Waals surface area contributed by atoms with E-state index < -0.39 is 6.17 Å². The van der Waals surface area contributed by atoms with Gasteiger partial charge in [-0.05, 0) is 29.2 Å². The highest BCUT2D eigenvalue weighted by molar-refractivity contribution is 5.95. The lowest BCUT2D eigenvalue weighted by atomic mass is 9.87. The van der Waals surface area contributed by atoms with E-state index in [0.29, 0.717) is 11.3 Å². The van der Waals surface area contributed by atoms with Crippen molar-refractivity contribution >= 4 is 11.8 Å². The van der Waals surface area contributed by atoms with Crippen molar-refractivity contribution in [1.82, 2.24) is 5.32 Å². The van der Waals surface area contributed by atoms with Gasteiger partial charge in [0.15, 0.2) is 6.17 Å². The van der Waals surface area contributed by atoms with E-state index in [9.17, 15) is 14.0 Å². The third-order valence-corrected chi connectivity index (χ3v) is 3.48. The van der Waals surface area contributed by atoms with Crippen LogP contribution in [-0.4, -0.2) is 18.0 Å². The molecular formula is C17H18FNO2. The summed E-state index contributed by atoms with van der Waals surface area (Å²) in [5.41, 5.74) is 2.09. The van der Waals surface area contributed by atoms with Crippen molar-refractivity contribution in [3.05, 3.63) is 52.7 Å². The predicted molar refractivity (Wildman–Crippen MR) is 79.4 cm³/mol. The van der Waals surface area contributed by atoms with Gasteiger partial charge in [0, 0.05) is 17.7 Å². The number of halogens is 1. The van der Waals surface area contributed by atoms with E-state index in [1.54, 1.807) is 18.1 Å². The minimum absolute atomic E-state index is 0.0216. The first kappa shape index (κ1) is 15.2. The van der Waals surface area contributed by atoms with Gasteiger partial charge in [-0.15, -0.1) is 0 Å². The van der Waals surface area contributed by atoms with Crippen molar-refractivity contribution in [3.8, 4) is 0 Å². The third-order valence-electron chi connectivity index (χ3n) is 3.48. The monoisotopic (exact) mass is 287 g/mol. The van der Waals surface area contributed by atoms with E-state index in [2.05, 4.69) is 26.1 Å². The second-order valence-corrected chi connectivity index (χ2v) is 6.18. The Bertz CT molecular complexity index is 632. The Balaban J connectivity index is 2.08. The zero-order valence-corrected chi connectivity index (χ0v) is 12.4. The van der Waals surface area contributed by atoms with Crippen LogP contribution in [0.25, 0.3) is 0 Å². The molecule has 1 atom stereocenters. The Hall–Kier alpha value is -2.19. The molecule has 1 unspecified atom stereocenters. The molecule has 0 fully saturated rings. The summed E-state index contributed by atoms with van der Waals surface area (Å²) in [6, 6.07) is 7.31. The normalized spacial score (nSPS) is 18.2. The van der Waals surface area contributed by atoms with E-state index in [-0.39, 0.29) is 23.3 Å². The Morgan fingerprint density at radius 2 is 1.90 bits per heavy atom. The Morgan fingerprint density at radius 1 is 1.29 bits per heavy atom. The van der Waals surface area contributed by atoms with Gasteiger partial charge in [-0.1, -0.05) is 32.9 Å². The average molecular weight is 287 g/mol. The smallest absolute Gasteiger partial charge is 0.255 e. The third kappa shape index (κ3) is 3.47.